The van der Waals surface area contributed by atoms with Crippen molar-refractivity contribution >= 4 is 17.4 Å². The van der Waals surface area contributed by atoms with E-state index in [0.29, 0.717) is 5.15 Å². The van der Waals surface area contributed by atoms with E-state index in [1.165, 1.54) is 4.40 Å². The minimum Gasteiger partial charge on any atom is -0.298 e. The van der Waals surface area contributed by atoms with Gasteiger partial charge in [0, 0.05) is 12.7 Å². The highest BCUT2D eigenvalue weighted by Gasteiger charge is 2.39. The van der Waals surface area contributed by atoms with Crippen molar-refractivity contribution in [3.8, 4) is 5.69 Å². The van der Waals surface area contributed by atoms with E-state index in [-0.39, 0.29) is 18.0 Å². The van der Waals surface area contributed by atoms with E-state index >= 15 is 0 Å². The number of hydrogen-bond acceptors (Lipinski definition) is 2. The zero-order valence-electron chi connectivity index (χ0n) is 16.8. The van der Waals surface area contributed by atoms with E-state index < -0.39 is 11.9 Å². The summed E-state index contributed by atoms with van der Waals surface area (Å²) < 4.78 is 44.6. The summed E-state index contributed by atoms with van der Waals surface area (Å²) in [6, 6.07) is 3.99. The fraction of sp³-hybridized carbons (Fsp3) is 0.476. The number of nitrogens with zero attached hydrogens (tertiary/aromatic N) is 4. The number of benzene rings is 1. The molecule has 1 aromatic carbocycles. The van der Waals surface area contributed by atoms with E-state index in [0.717, 1.165) is 54.7 Å². The molecule has 4 nitrogen and oxygen atoms in total. The number of alkyl halides is 3. The summed E-state index contributed by atoms with van der Waals surface area (Å²) in [7, 11) is 0. The molecule has 4 rings (SSSR count). The molecule has 1 aliphatic rings. The molecule has 0 radical (unpaired) electrons. The molecule has 1 aliphatic heterocycles. The van der Waals surface area contributed by atoms with Crippen LogP contribution in [0.4, 0.5) is 13.2 Å². The first-order chi connectivity index (χ1) is 13.7. The van der Waals surface area contributed by atoms with E-state index in [1.54, 1.807) is 10.8 Å². The Hall–Kier alpha value is -1.99. The van der Waals surface area contributed by atoms with Gasteiger partial charge < -0.3 is 0 Å². The average molecular weight is 425 g/mol. The number of piperidine rings is 1. The SMILES string of the molecule is Cc1cc(C)c(-n2c(Cl)cn3c(CN4CCCCC4)c(C(F)(F)F)nc23)c(C)c1. The third-order valence-electron chi connectivity index (χ3n) is 5.59. The maximum absolute atomic E-state index is 13.8. The Kier molecular flexibility index (Phi) is 5.15. The summed E-state index contributed by atoms with van der Waals surface area (Å²) >= 11 is 6.52. The van der Waals surface area contributed by atoms with Gasteiger partial charge in [-0.05, 0) is 57.8 Å². The van der Waals surface area contributed by atoms with Crippen molar-refractivity contribution in [1.82, 2.24) is 18.9 Å². The van der Waals surface area contributed by atoms with Crippen LogP contribution in [0, 0.1) is 20.8 Å². The van der Waals surface area contributed by atoms with Gasteiger partial charge in [0.2, 0.25) is 5.78 Å². The smallest absolute Gasteiger partial charge is 0.298 e. The number of imidazole rings is 2. The predicted octanol–water partition coefficient (Wildman–Crippen LogP) is 5.71. The molecule has 1 fully saturated rings. The van der Waals surface area contributed by atoms with Crippen LogP contribution in [0.1, 0.15) is 47.3 Å². The first-order valence-electron chi connectivity index (χ1n) is 9.82. The lowest BCUT2D eigenvalue weighted by molar-refractivity contribution is -0.141. The zero-order valence-corrected chi connectivity index (χ0v) is 17.5. The van der Waals surface area contributed by atoms with Crippen LogP contribution in [-0.2, 0) is 12.7 Å². The van der Waals surface area contributed by atoms with Gasteiger partial charge in [0.1, 0.15) is 5.15 Å². The van der Waals surface area contributed by atoms with Gasteiger partial charge in [-0.3, -0.25) is 13.9 Å². The molecule has 2 aromatic heterocycles. The van der Waals surface area contributed by atoms with Gasteiger partial charge in [0.25, 0.3) is 0 Å². The molecule has 0 amide bonds. The van der Waals surface area contributed by atoms with Crippen LogP contribution in [0.5, 0.6) is 0 Å². The maximum atomic E-state index is 13.8. The summed E-state index contributed by atoms with van der Waals surface area (Å²) in [5.74, 6) is 0.199. The quantitative estimate of drug-likeness (QED) is 0.538. The third-order valence-corrected chi connectivity index (χ3v) is 5.86. The summed E-state index contributed by atoms with van der Waals surface area (Å²) in [5.41, 5.74) is 3.07. The first-order valence-corrected chi connectivity index (χ1v) is 10.2. The molecular formula is C21H24ClF3N4. The number of aromatic nitrogens is 3. The van der Waals surface area contributed by atoms with Gasteiger partial charge in [-0.25, -0.2) is 4.98 Å². The third kappa shape index (κ3) is 3.66. The molecule has 0 saturated carbocycles. The van der Waals surface area contributed by atoms with Gasteiger partial charge in [0.05, 0.1) is 11.4 Å². The number of halogens is 4. The minimum absolute atomic E-state index is 0.150. The monoisotopic (exact) mass is 424 g/mol. The highest BCUT2D eigenvalue weighted by atomic mass is 35.5. The Bertz CT molecular complexity index is 1040. The van der Waals surface area contributed by atoms with E-state index in [1.807, 2.05) is 32.9 Å². The molecule has 156 valence electrons. The van der Waals surface area contributed by atoms with Crippen LogP contribution in [0.25, 0.3) is 11.5 Å². The van der Waals surface area contributed by atoms with Gasteiger partial charge in [-0.15, -0.1) is 0 Å². The Balaban J connectivity index is 1.92. The minimum atomic E-state index is -4.52. The van der Waals surface area contributed by atoms with Crippen molar-refractivity contribution in [2.75, 3.05) is 13.1 Å². The molecule has 0 atom stereocenters. The van der Waals surface area contributed by atoms with Gasteiger partial charge in [-0.2, -0.15) is 13.2 Å². The fourth-order valence-electron chi connectivity index (χ4n) is 4.45. The van der Waals surface area contributed by atoms with Crippen LogP contribution < -0.4 is 0 Å². The molecule has 3 heterocycles. The van der Waals surface area contributed by atoms with E-state index in [2.05, 4.69) is 9.88 Å². The second kappa shape index (κ2) is 7.36. The molecule has 0 N–H and O–H groups in total. The summed E-state index contributed by atoms with van der Waals surface area (Å²) in [6.07, 6.45) is 0.168. The lowest BCUT2D eigenvalue weighted by atomic mass is 10.1. The van der Waals surface area contributed by atoms with E-state index in [9.17, 15) is 13.2 Å². The molecule has 29 heavy (non-hydrogen) atoms. The largest absolute Gasteiger partial charge is 0.435 e. The van der Waals surface area contributed by atoms with Crippen LogP contribution in [-0.4, -0.2) is 31.9 Å². The van der Waals surface area contributed by atoms with Gasteiger partial charge in [-0.1, -0.05) is 35.7 Å². The second-order valence-corrected chi connectivity index (χ2v) is 8.33. The normalized spacial score (nSPS) is 16.1. The van der Waals surface area contributed by atoms with Crippen molar-refractivity contribution < 1.29 is 13.2 Å². The summed E-state index contributed by atoms with van der Waals surface area (Å²) in [4.78, 5) is 6.11. The standard InChI is InChI=1S/C21H24ClF3N4/c1-13-9-14(2)18(15(3)10-13)29-17(22)12-28-16(11-27-7-5-4-6-8-27)19(21(23,24)25)26-20(28)29/h9-10,12H,4-8,11H2,1-3H3. The Morgan fingerprint density at radius 1 is 1.03 bits per heavy atom. The molecule has 0 unspecified atom stereocenters. The van der Waals surface area contributed by atoms with Crippen LogP contribution >= 0.6 is 11.6 Å². The van der Waals surface area contributed by atoms with Crippen molar-refractivity contribution in [3.63, 3.8) is 0 Å². The summed E-state index contributed by atoms with van der Waals surface area (Å²) in [6.45, 7) is 7.67. The van der Waals surface area contributed by atoms with Crippen molar-refractivity contribution in [2.24, 2.45) is 0 Å². The number of hydrogen-bond donors (Lipinski definition) is 0. The van der Waals surface area contributed by atoms with Crippen LogP contribution in [0.15, 0.2) is 18.3 Å². The maximum Gasteiger partial charge on any atom is 0.435 e. The number of fused-ring (bicyclic) bond motifs is 1. The molecule has 1 saturated heterocycles. The molecule has 0 aliphatic carbocycles. The molecule has 0 bridgehead atoms. The predicted molar refractivity (Wildman–Crippen MR) is 108 cm³/mol. The van der Waals surface area contributed by atoms with Crippen molar-refractivity contribution in [3.05, 3.63) is 51.6 Å². The van der Waals surface area contributed by atoms with Gasteiger partial charge >= 0.3 is 6.18 Å². The van der Waals surface area contributed by atoms with Gasteiger partial charge in [0.15, 0.2) is 5.69 Å². The molecule has 0 spiro atoms. The van der Waals surface area contributed by atoms with Crippen LogP contribution in [0.3, 0.4) is 0 Å². The zero-order chi connectivity index (χ0) is 20.9. The first kappa shape index (κ1) is 20.3. The number of aryl methyl sites for hydroxylation is 3. The highest BCUT2D eigenvalue weighted by Crippen LogP contribution is 2.36. The molecule has 8 heteroatoms. The Morgan fingerprint density at radius 3 is 2.24 bits per heavy atom. The number of rotatable bonds is 3. The Labute approximate surface area is 172 Å². The highest BCUT2D eigenvalue weighted by molar-refractivity contribution is 6.30. The van der Waals surface area contributed by atoms with Crippen LogP contribution in [0.2, 0.25) is 5.15 Å². The summed E-state index contributed by atoms with van der Waals surface area (Å²) in [5, 5.41) is 0.344. The van der Waals surface area contributed by atoms with E-state index in [4.69, 9.17) is 11.6 Å². The lowest BCUT2D eigenvalue weighted by Gasteiger charge is -2.26. The molecule has 3 aromatic rings. The Morgan fingerprint density at radius 2 is 1.66 bits per heavy atom. The topological polar surface area (TPSA) is 25.5 Å². The number of likely N-dealkylation sites (tertiary alicyclic amines) is 1. The van der Waals surface area contributed by atoms with Crippen molar-refractivity contribution in [2.45, 2.75) is 52.8 Å². The molecular weight excluding hydrogens is 401 g/mol. The average Bonchev–Trinajstić information content (AvgIpc) is 3.12. The fourth-order valence-corrected chi connectivity index (χ4v) is 4.70. The van der Waals surface area contributed by atoms with Crippen molar-refractivity contribution in [1.29, 1.82) is 0 Å². The lowest BCUT2D eigenvalue weighted by Crippen LogP contribution is -2.30. The second-order valence-electron chi connectivity index (χ2n) is 7.95.